The molecule has 1 heterocycles. The number of hydrogen-bond acceptors (Lipinski definition) is 8. The predicted octanol–water partition coefficient (Wildman–Crippen LogP) is 3.31. The summed E-state index contributed by atoms with van der Waals surface area (Å²) in [4.78, 5) is 49.9. The van der Waals surface area contributed by atoms with E-state index in [2.05, 4.69) is 5.32 Å². The number of nitrogens with one attached hydrogen (secondary N) is 1. The zero-order valence-corrected chi connectivity index (χ0v) is 19.5. The highest BCUT2D eigenvalue weighted by atomic mass is 16.5. The largest absolute Gasteiger partial charge is 0.507 e. The summed E-state index contributed by atoms with van der Waals surface area (Å²) < 4.78 is 5.74. The summed E-state index contributed by atoms with van der Waals surface area (Å²) in [5.74, 6) is -3.77. The third-order valence-electron chi connectivity index (χ3n) is 6.40. The van der Waals surface area contributed by atoms with Crippen molar-refractivity contribution in [1.29, 1.82) is 0 Å². The fourth-order valence-electron chi connectivity index (χ4n) is 4.52. The highest BCUT2D eigenvalue weighted by Crippen LogP contribution is 2.57. The van der Waals surface area contributed by atoms with Crippen molar-refractivity contribution in [2.45, 2.75) is 39.5 Å². The first kappa shape index (κ1) is 23.7. The summed E-state index contributed by atoms with van der Waals surface area (Å²) in [7, 11) is 0. The molecule has 0 aromatic heterocycles. The van der Waals surface area contributed by atoms with Crippen LogP contribution in [0.15, 0.2) is 47.4 Å². The second-order valence-electron chi connectivity index (χ2n) is 8.78. The lowest BCUT2D eigenvalue weighted by Crippen LogP contribution is -2.40. The first-order chi connectivity index (χ1) is 16.4. The molecule has 0 radical (unpaired) electrons. The van der Waals surface area contributed by atoms with Gasteiger partial charge in [0.1, 0.15) is 34.0 Å². The Labute approximate surface area is 200 Å². The number of carbonyl (C=O) groups is 4. The van der Waals surface area contributed by atoms with Gasteiger partial charge in [-0.25, -0.2) is 0 Å². The number of phenols is 2. The maximum Gasteiger partial charge on any atom is 0.307 e. The van der Waals surface area contributed by atoms with Crippen molar-refractivity contribution in [3.63, 3.8) is 0 Å². The average molecular weight is 477 g/mol. The zero-order valence-electron chi connectivity index (χ0n) is 19.5. The molecule has 0 unspecified atom stereocenters. The molecule has 4 N–H and O–H groups in total. The lowest BCUT2D eigenvalue weighted by molar-refractivity contribution is -0.136. The van der Waals surface area contributed by atoms with Crippen LogP contribution in [0.2, 0.25) is 0 Å². The van der Waals surface area contributed by atoms with Gasteiger partial charge in [-0.3, -0.25) is 19.2 Å². The van der Waals surface area contributed by atoms with E-state index >= 15 is 0 Å². The minimum Gasteiger partial charge on any atom is -0.507 e. The number of rotatable bonds is 5. The van der Waals surface area contributed by atoms with E-state index in [1.165, 1.54) is 20.8 Å². The molecule has 1 aliphatic heterocycles. The van der Waals surface area contributed by atoms with Crippen LogP contribution in [0.1, 0.15) is 47.8 Å². The fraction of sp³-hybridized carbons (Fsp3) is 0.231. The van der Waals surface area contributed by atoms with Crippen LogP contribution in [0, 0.1) is 6.92 Å². The summed E-state index contributed by atoms with van der Waals surface area (Å²) in [6.07, 6.45) is 1.01. The Bertz CT molecular complexity index is 1400. The zero-order chi connectivity index (χ0) is 25.8. The van der Waals surface area contributed by atoms with E-state index < -0.39 is 40.2 Å². The Morgan fingerprint density at radius 2 is 1.69 bits per heavy atom. The van der Waals surface area contributed by atoms with Crippen LogP contribution >= 0.6 is 0 Å². The van der Waals surface area contributed by atoms with E-state index in [0.29, 0.717) is 11.3 Å². The van der Waals surface area contributed by atoms with Gasteiger partial charge >= 0.3 is 5.97 Å². The molecular weight excluding hydrogens is 454 g/mol. The monoisotopic (exact) mass is 477 g/mol. The third kappa shape index (κ3) is 3.56. The van der Waals surface area contributed by atoms with Crippen molar-refractivity contribution >= 4 is 29.0 Å². The molecule has 2 aliphatic rings. The van der Waals surface area contributed by atoms with E-state index in [4.69, 9.17) is 9.84 Å². The number of Topliss-reactive ketones (excluding diaryl/α,β-unsaturated/α-hetero) is 2. The van der Waals surface area contributed by atoms with Gasteiger partial charge in [0.2, 0.25) is 0 Å². The van der Waals surface area contributed by atoms with Crippen molar-refractivity contribution in [2.24, 2.45) is 0 Å². The van der Waals surface area contributed by atoms with Gasteiger partial charge in [0, 0.05) is 23.0 Å². The standard InChI is InChI=1S/C26H23NO8/c1-11-22(32)20(13(3)28)24-21(23(11)33)26(4)17(35-24)10-16(29)19(25(26)34)12(2)27-15-7-5-14(6-8-15)9-18(30)31/h5-8,10,27,32-33H,9H2,1-4H3,(H,30,31)/t26-/m0/s1. The summed E-state index contributed by atoms with van der Waals surface area (Å²) >= 11 is 0. The molecular formula is C26H23NO8. The molecule has 2 aromatic carbocycles. The van der Waals surface area contributed by atoms with E-state index in [-0.39, 0.29) is 45.9 Å². The molecule has 1 atom stereocenters. The Balaban J connectivity index is 1.81. The quantitative estimate of drug-likeness (QED) is 0.289. The number of carboxylic acids is 1. The van der Waals surface area contributed by atoms with E-state index in [0.717, 1.165) is 6.08 Å². The summed E-state index contributed by atoms with van der Waals surface area (Å²) in [6, 6.07) is 6.51. The van der Waals surface area contributed by atoms with Gasteiger partial charge < -0.3 is 25.4 Å². The van der Waals surface area contributed by atoms with Crippen molar-refractivity contribution in [2.75, 3.05) is 5.32 Å². The Morgan fingerprint density at radius 3 is 2.26 bits per heavy atom. The first-order valence-electron chi connectivity index (χ1n) is 10.8. The molecule has 2 aromatic rings. The minimum absolute atomic E-state index is 0.0186. The van der Waals surface area contributed by atoms with Gasteiger partial charge in [-0.15, -0.1) is 0 Å². The smallest absolute Gasteiger partial charge is 0.307 e. The molecule has 0 fully saturated rings. The fourth-order valence-corrected chi connectivity index (χ4v) is 4.52. The second kappa shape index (κ2) is 8.12. The second-order valence-corrected chi connectivity index (χ2v) is 8.78. The number of fused-ring (bicyclic) bond motifs is 3. The number of phenolic OH excluding ortho intramolecular Hbond substituents is 2. The summed E-state index contributed by atoms with van der Waals surface area (Å²) in [6.45, 7) is 5.69. The van der Waals surface area contributed by atoms with Crippen LogP contribution in [0.4, 0.5) is 5.69 Å². The lowest BCUT2D eigenvalue weighted by atomic mass is 9.70. The number of ketones is 3. The normalized spacial score (nSPS) is 19.9. The van der Waals surface area contributed by atoms with E-state index in [1.807, 2.05) is 0 Å². The molecule has 180 valence electrons. The number of carboxylic acid groups (broad SMARTS) is 1. The van der Waals surface area contributed by atoms with Crippen LogP contribution < -0.4 is 10.1 Å². The van der Waals surface area contributed by atoms with Crippen LogP contribution in [0.3, 0.4) is 0 Å². The van der Waals surface area contributed by atoms with Crippen molar-refractivity contribution in [3.8, 4) is 17.2 Å². The number of ether oxygens (including phenoxy) is 1. The predicted molar refractivity (Wildman–Crippen MR) is 125 cm³/mol. The Kier molecular flexibility index (Phi) is 5.51. The molecule has 0 amide bonds. The van der Waals surface area contributed by atoms with Gasteiger partial charge in [0.25, 0.3) is 0 Å². The molecule has 0 saturated carbocycles. The first-order valence-corrected chi connectivity index (χ1v) is 10.8. The molecule has 9 heteroatoms. The molecule has 0 bridgehead atoms. The van der Waals surface area contributed by atoms with Gasteiger partial charge in [-0.2, -0.15) is 0 Å². The molecule has 9 nitrogen and oxygen atoms in total. The van der Waals surface area contributed by atoms with Gasteiger partial charge in [-0.1, -0.05) is 12.1 Å². The van der Waals surface area contributed by atoms with E-state index in [1.54, 1.807) is 31.2 Å². The van der Waals surface area contributed by atoms with Gasteiger partial charge in [0.15, 0.2) is 17.3 Å². The maximum atomic E-state index is 13.8. The number of aromatic hydroxyl groups is 2. The number of hydrogen-bond donors (Lipinski definition) is 4. The van der Waals surface area contributed by atoms with Crippen molar-refractivity contribution < 1.29 is 39.2 Å². The number of aliphatic carboxylic acids is 1. The molecule has 0 saturated heterocycles. The molecule has 35 heavy (non-hydrogen) atoms. The summed E-state index contributed by atoms with van der Waals surface area (Å²) in [5.41, 5.74) is -0.511. The van der Waals surface area contributed by atoms with Gasteiger partial charge in [0.05, 0.1) is 17.6 Å². The van der Waals surface area contributed by atoms with Crippen LogP contribution in [0.5, 0.6) is 17.2 Å². The molecule has 0 spiro atoms. The summed E-state index contributed by atoms with van der Waals surface area (Å²) in [5, 5.41) is 33.2. The van der Waals surface area contributed by atoms with Crippen molar-refractivity contribution in [1.82, 2.24) is 0 Å². The number of carbonyl (C=O) groups excluding carboxylic acids is 3. The Hall–Kier alpha value is -4.40. The van der Waals surface area contributed by atoms with Crippen LogP contribution in [-0.2, 0) is 26.2 Å². The molecule has 1 aliphatic carbocycles. The van der Waals surface area contributed by atoms with Crippen molar-refractivity contribution in [3.05, 3.63) is 69.6 Å². The number of benzene rings is 2. The number of allylic oxidation sites excluding steroid dienone is 4. The third-order valence-corrected chi connectivity index (χ3v) is 6.40. The van der Waals surface area contributed by atoms with Crippen LogP contribution in [-0.4, -0.2) is 38.6 Å². The Morgan fingerprint density at radius 1 is 1.06 bits per heavy atom. The topological polar surface area (TPSA) is 150 Å². The highest BCUT2D eigenvalue weighted by Gasteiger charge is 2.56. The highest BCUT2D eigenvalue weighted by molar-refractivity contribution is 6.31. The lowest BCUT2D eigenvalue weighted by Gasteiger charge is -2.29. The average Bonchev–Trinajstić information content (AvgIpc) is 3.06. The SMILES string of the molecule is CC(=O)c1c(O)c(C)c(O)c2c1OC1=CC(=O)C(=C(C)Nc3ccc(CC(=O)O)cc3)C(=O)[C@@]12C. The van der Waals surface area contributed by atoms with Gasteiger partial charge in [-0.05, 0) is 45.4 Å². The minimum atomic E-state index is -1.60. The molecule has 4 rings (SSSR count). The maximum absolute atomic E-state index is 13.8. The number of anilines is 1. The van der Waals surface area contributed by atoms with Crippen LogP contribution in [0.25, 0.3) is 0 Å². The van der Waals surface area contributed by atoms with E-state index in [9.17, 15) is 29.4 Å².